The maximum absolute atomic E-state index is 12.6. The third-order valence-corrected chi connectivity index (χ3v) is 1.76. The summed E-state index contributed by atoms with van der Waals surface area (Å²) in [6.45, 7) is 13.5. The first kappa shape index (κ1) is 25.0. The second-order valence-electron chi connectivity index (χ2n) is 2.60. The van der Waals surface area contributed by atoms with Crippen LogP contribution in [-0.2, 0) is 0 Å². The molecule has 102 valence electrons. The summed E-state index contributed by atoms with van der Waals surface area (Å²) in [6, 6.07) is 0. The van der Waals surface area contributed by atoms with Gasteiger partial charge in [0.25, 0.3) is 0 Å². The van der Waals surface area contributed by atoms with Crippen LogP contribution in [0.3, 0.4) is 0 Å². The highest BCUT2D eigenvalue weighted by atomic mass is 19.1. The molecule has 0 nitrogen and oxygen atoms in total. The Morgan fingerprint density at radius 1 is 1.12 bits per heavy atom. The monoisotopic (exact) mass is 242 g/mol. The lowest BCUT2D eigenvalue weighted by molar-refractivity contribution is 0.611. The first-order valence-electron chi connectivity index (χ1n) is 6.51. The number of hydrogen-bond donors (Lipinski definition) is 0. The van der Waals surface area contributed by atoms with E-state index in [1.807, 2.05) is 47.6 Å². The van der Waals surface area contributed by atoms with Gasteiger partial charge in [-0.25, -0.2) is 4.39 Å². The Morgan fingerprint density at radius 2 is 1.53 bits per heavy atom. The SMILES string of the molecule is C#C.C/C=C\CC/C(CC)=C(\C)F.CC.CC. The minimum absolute atomic E-state index is 0.00277. The van der Waals surface area contributed by atoms with Crippen molar-refractivity contribution in [2.24, 2.45) is 0 Å². The summed E-state index contributed by atoms with van der Waals surface area (Å²) in [5.74, 6) is -0.00277. The van der Waals surface area contributed by atoms with Crippen LogP contribution in [0.4, 0.5) is 4.39 Å². The Hall–Kier alpha value is -1.03. The third kappa shape index (κ3) is 25.3. The van der Waals surface area contributed by atoms with E-state index in [9.17, 15) is 4.39 Å². The second kappa shape index (κ2) is 29.4. The molecule has 0 aromatic rings. The van der Waals surface area contributed by atoms with Gasteiger partial charge in [-0.3, -0.25) is 0 Å². The van der Waals surface area contributed by atoms with Gasteiger partial charge < -0.3 is 0 Å². The van der Waals surface area contributed by atoms with Crippen LogP contribution in [0.25, 0.3) is 0 Å². The zero-order chi connectivity index (χ0) is 14.7. The predicted octanol–water partition coefficient (Wildman–Crippen LogP) is 6.30. The molecule has 0 aliphatic rings. The molecule has 1 heteroatoms. The van der Waals surface area contributed by atoms with E-state index >= 15 is 0 Å². The molecule has 0 saturated carbocycles. The van der Waals surface area contributed by atoms with Crippen molar-refractivity contribution < 1.29 is 4.39 Å². The summed E-state index contributed by atoms with van der Waals surface area (Å²) in [6.07, 6.45) is 14.7. The van der Waals surface area contributed by atoms with Crippen molar-refractivity contribution in [2.45, 2.75) is 67.7 Å². The summed E-state index contributed by atoms with van der Waals surface area (Å²) in [7, 11) is 0. The average molecular weight is 242 g/mol. The molecule has 0 aliphatic heterocycles. The fourth-order valence-electron chi connectivity index (χ4n) is 1.02. The molecule has 0 rings (SSSR count). The molecule has 0 N–H and O–H groups in total. The fourth-order valence-corrected chi connectivity index (χ4v) is 1.02. The fraction of sp³-hybridized carbons (Fsp3) is 0.625. The highest BCUT2D eigenvalue weighted by molar-refractivity contribution is 5.06. The molecular formula is C16H31F. The highest BCUT2D eigenvalue weighted by Gasteiger charge is 1.97. The number of hydrogen-bond acceptors (Lipinski definition) is 0. The van der Waals surface area contributed by atoms with Gasteiger partial charge in [-0.05, 0) is 38.7 Å². The van der Waals surface area contributed by atoms with Gasteiger partial charge in [-0.1, -0.05) is 46.8 Å². The summed E-state index contributed by atoms with van der Waals surface area (Å²) in [4.78, 5) is 0. The van der Waals surface area contributed by atoms with Crippen LogP contribution in [-0.4, -0.2) is 0 Å². The van der Waals surface area contributed by atoms with Gasteiger partial charge in [-0.2, -0.15) is 0 Å². The van der Waals surface area contributed by atoms with E-state index in [0.29, 0.717) is 0 Å². The van der Waals surface area contributed by atoms with Gasteiger partial charge in [0, 0.05) is 0 Å². The van der Waals surface area contributed by atoms with Gasteiger partial charge in [0.05, 0.1) is 5.83 Å². The lowest BCUT2D eigenvalue weighted by Gasteiger charge is -2.01. The third-order valence-electron chi connectivity index (χ3n) is 1.76. The van der Waals surface area contributed by atoms with Crippen LogP contribution < -0.4 is 0 Å². The number of allylic oxidation sites excluding steroid dienone is 4. The normalized spacial score (nSPS) is 9.76. The molecule has 0 atom stereocenters. The predicted molar refractivity (Wildman–Crippen MR) is 80.7 cm³/mol. The topological polar surface area (TPSA) is 0 Å². The molecule has 0 aliphatic carbocycles. The van der Waals surface area contributed by atoms with Crippen molar-refractivity contribution in [1.29, 1.82) is 0 Å². The van der Waals surface area contributed by atoms with Gasteiger partial charge in [0.1, 0.15) is 0 Å². The Labute approximate surface area is 109 Å². The van der Waals surface area contributed by atoms with Crippen molar-refractivity contribution >= 4 is 0 Å². The molecule has 17 heavy (non-hydrogen) atoms. The van der Waals surface area contributed by atoms with Gasteiger partial charge >= 0.3 is 0 Å². The number of halogens is 1. The summed E-state index contributed by atoms with van der Waals surface area (Å²) < 4.78 is 12.6. The molecule has 0 heterocycles. The molecule has 0 aromatic carbocycles. The first-order valence-corrected chi connectivity index (χ1v) is 6.51. The smallest absolute Gasteiger partial charge is 0.0960 e. The molecule has 0 aromatic heterocycles. The van der Waals surface area contributed by atoms with Crippen molar-refractivity contribution in [1.82, 2.24) is 0 Å². The van der Waals surface area contributed by atoms with E-state index in [4.69, 9.17) is 0 Å². The van der Waals surface area contributed by atoms with Gasteiger partial charge in [0.2, 0.25) is 0 Å². The van der Waals surface area contributed by atoms with E-state index in [2.05, 4.69) is 18.9 Å². The van der Waals surface area contributed by atoms with Crippen LogP contribution in [0, 0.1) is 12.8 Å². The van der Waals surface area contributed by atoms with E-state index in [1.165, 1.54) is 6.92 Å². The number of rotatable bonds is 4. The van der Waals surface area contributed by atoms with Crippen molar-refractivity contribution in [3.05, 3.63) is 23.6 Å². The van der Waals surface area contributed by atoms with E-state index < -0.39 is 0 Å². The zero-order valence-corrected chi connectivity index (χ0v) is 12.8. The standard InChI is InChI=1S/C10H17F.2C2H6.C2H2/c1-4-6-7-8-10(5-2)9(3)11;3*1-2/h4,6H,5,7-8H2,1-3H3;2*1-2H3;1-2H/b6-4-,10-9+;;;. The van der Waals surface area contributed by atoms with Crippen LogP contribution >= 0.6 is 0 Å². The molecule has 0 bridgehead atoms. The molecule has 0 fully saturated rings. The molecule has 0 unspecified atom stereocenters. The van der Waals surface area contributed by atoms with E-state index in [1.54, 1.807) is 0 Å². The summed E-state index contributed by atoms with van der Waals surface area (Å²) >= 11 is 0. The molecule has 0 radical (unpaired) electrons. The van der Waals surface area contributed by atoms with Gasteiger partial charge in [-0.15, -0.1) is 12.8 Å². The Balaban J connectivity index is -0.000000121. The molecular weight excluding hydrogens is 211 g/mol. The van der Waals surface area contributed by atoms with Crippen LogP contribution in [0.2, 0.25) is 0 Å². The van der Waals surface area contributed by atoms with E-state index in [0.717, 1.165) is 24.8 Å². The minimum Gasteiger partial charge on any atom is -0.212 e. The van der Waals surface area contributed by atoms with Crippen LogP contribution in [0.15, 0.2) is 23.6 Å². The second-order valence-corrected chi connectivity index (χ2v) is 2.60. The largest absolute Gasteiger partial charge is 0.212 e. The lowest BCUT2D eigenvalue weighted by Crippen LogP contribution is -1.82. The first-order chi connectivity index (χ1) is 8.22. The molecule has 0 saturated heterocycles. The lowest BCUT2D eigenvalue weighted by atomic mass is 10.1. The van der Waals surface area contributed by atoms with E-state index in [-0.39, 0.29) is 5.83 Å². The van der Waals surface area contributed by atoms with Crippen molar-refractivity contribution in [2.75, 3.05) is 0 Å². The zero-order valence-electron chi connectivity index (χ0n) is 12.8. The Bertz CT molecular complexity index is 181. The molecule has 0 spiro atoms. The molecule has 0 amide bonds. The van der Waals surface area contributed by atoms with Crippen LogP contribution in [0.1, 0.15) is 67.7 Å². The van der Waals surface area contributed by atoms with Gasteiger partial charge in [0.15, 0.2) is 0 Å². The maximum Gasteiger partial charge on any atom is 0.0960 e. The quantitative estimate of drug-likeness (QED) is 0.401. The minimum atomic E-state index is -0.00277. The van der Waals surface area contributed by atoms with Crippen molar-refractivity contribution in [3.8, 4) is 12.8 Å². The number of terminal acetylenes is 1. The highest BCUT2D eigenvalue weighted by Crippen LogP contribution is 2.15. The van der Waals surface area contributed by atoms with Crippen LogP contribution in [0.5, 0.6) is 0 Å². The average Bonchev–Trinajstić information content (AvgIpc) is 2.41. The van der Waals surface area contributed by atoms with Crippen molar-refractivity contribution in [3.63, 3.8) is 0 Å². The maximum atomic E-state index is 12.6. The summed E-state index contributed by atoms with van der Waals surface area (Å²) in [5.41, 5.74) is 0.947. The summed E-state index contributed by atoms with van der Waals surface area (Å²) in [5, 5.41) is 0. The Kier molecular flexibility index (Phi) is 43.2. The Morgan fingerprint density at radius 3 is 1.76 bits per heavy atom.